The molecule has 1 aliphatic rings. The summed E-state index contributed by atoms with van der Waals surface area (Å²) in [4.78, 5) is 29.8. The SMILES string of the molecule is COC(=O)Cn1c(=NC(=O)c2c(OC)cccc2OC)sc2cc3c(cc21)OCCO3. The molecule has 0 radical (unpaired) electrons. The van der Waals surface area contributed by atoms with Gasteiger partial charge in [-0.25, -0.2) is 0 Å². The first-order valence-electron chi connectivity index (χ1n) is 9.35. The van der Waals surface area contributed by atoms with E-state index < -0.39 is 11.9 Å². The summed E-state index contributed by atoms with van der Waals surface area (Å²) >= 11 is 1.25. The Labute approximate surface area is 181 Å². The Morgan fingerprint density at radius 2 is 1.71 bits per heavy atom. The number of esters is 1. The van der Waals surface area contributed by atoms with Crippen molar-refractivity contribution in [1.82, 2.24) is 4.57 Å². The molecular formula is C21H20N2O7S. The van der Waals surface area contributed by atoms with Crippen LogP contribution in [0, 0.1) is 0 Å². The van der Waals surface area contributed by atoms with Crippen molar-refractivity contribution < 1.29 is 33.3 Å². The first kappa shape index (κ1) is 20.7. The van der Waals surface area contributed by atoms with Gasteiger partial charge in [0.1, 0.15) is 36.8 Å². The van der Waals surface area contributed by atoms with Gasteiger partial charge in [0.2, 0.25) is 0 Å². The Kier molecular flexibility index (Phi) is 5.81. The van der Waals surface area contributed by atoms with Gasteiger partial charge in [0.25, 0.3) is 5.91 Å². The van der Waals surface area contributed by atoms with E-state index in [1.807, 2.05) is 6.07 Å². The van der Waals surface area contributed by atoms with E-state index in [2.05, 4.69) is 4.99 Å². The molecule has 9 nitrogen and oxygen atoms in total. The highest BCUT2D eigenvalue weighted by Gasteiger charge is 2.21. The second-order valence-electron chi connectivity index (χ2n) is 6.46. The van der Waals surface area contributed by atoms with Crippen LogP contribution in [-0.2, 0) is 16.1 Å². The molecule has 2 aromatic carbocycles. The van der Waals surface area contributed by atoms with Gasteiger partial charge < -0.3 is 28.3 Å². The summed E-state index contributed by atoms with van der Waals surface area (Å²) in [5.74, 6) is 0.820. The predicted molar refractivity (Wildman–Crippen MR) is 112 cm³/mol. The highest BCUT2D eigenvalue weighted by molar-refractivity contribution is 7.16. The Morgan fingerprint density at radius 1 is 1.06 bits per heavy atom. The van der Waals surface area contributed by atoms with Crippen LogP contribution in [-0.4, -0.2) is 51.0 Å². The second kappa shape index (κ2) is 8.68. The van der Waals surface area contributed by atoms with Crippen molar-refractivity contribution in [3.63, 3.8) is 0 Å². The molecular weight excluding hydrogens is 424 g/mol. The van der Waals surface area contributed by atoms with E-state index in [0.717, 1.165) is 4.70 Å². The lowest BCUT2D eigenvalue weighted by Crippen LogP contribution is -2.22. The maximum atomic E-state index is 13.1. The zero-order chi connectivity index (χ0) is 22.0. The largest absolute Gasteiger partial charge is 0.496 e. The van der Waals surface area contributed by atoms with Gasteiger partial charge in [-0.1, -0.05) is 17.4 Å². The summed E-state index contributed by atoms with van der Waals surface area (Å²) in [6.45, 7) is 0.767. The third-order valence-corrected chi connectivity index (χ3v) is 5.74. The highest BCUT2D eigenvalue weighted by atomic mass is 32.1. The normalized spacial score (nSPS) is 13.2. The summed E-state index contributed by atoms with van der Waals surface area (Å²) in [6.07, 6.45) is 0. The van der Waals surface area contributed by atoms with E-state index in [-0.39, 0.29) is 12.1 Å². The molecule has 31 heavy (non-hydrogen) atoms. The summed E-state index contributed by atoms with van der Waals surface area (Å²) in [7, 11) is 4.23. The number of methoxy groups -OCH3 is 3. The molecule has 0 spiro atoms. The molecule has 162 valence electrons. The molecule has 0 unspecified atom stereocenters. The van der Waals surface area contributed by atoms with Crippen molar-refractivity contribution in [3.05, 3.63) is 40.7 Å². The standard InChI is InChI=1S/C21H20N2O7S/c1-26-13-5-4-6-14(27-2)19(13)20(25)22-21-23(11-18(24)28-3)12-9-15-16(10-17(12)31-21)30-8-7-29-15/h4-6,9-10H,7-8,11H2,1-3H3. The van der Waals surface area contributed by atoms with Gasteiger partial charge in [0, 0.05) is 12.1 Å². The number of hydrogen-bond acceptors (Lipinski definition) is 8. The number of nitrogens with zero attached hydrogens (tertiary/aromatic N) is 2. The van der Waals surface area contributed by atoms with E-state index in [1.165, 1.54) is 32.7 Å². The van der Waals surface area contributed by atoms with Crippen LogP contribution in [0.15, 0.2) is 35.3 Å². The van der Waals surface area contributed by atoms with Crippen molar-refractivity contribution in [2.24, 2.45) is 4.99 Å². The number of ether oxygens (including phenoxy) is 5. The van der Waals surface area contributed by atoms with Crippen molar-refractivity contribution in [1.29, 1.82) is 0 Å². The zero-order valence-electron chi connectivity index (χ0n) is 17.2. The molecule has 10 heteroatoms. The van der Waals surface area contributed by atoms with Gasteiger partial charge in [0.05, 0.1) is 31.5 Å². The Morgan fingerprint density at radius 3 is 2.32 bits per heavy atom. The van der Waals surface area contributed by atoms with Crippen LogP contribution in [0.5, 0.6) is 23.0 Å². The molecule has 0 fully saturated rings. The number of carbonyl (C=O) groups excluding carboxylic acids is 2. The number of amides is 1. The van der Waals surface area contributed by atoms with E-state index in [1.54, 1.807) is 28.8 Å². The number of aromatic nitrogens is 1. The minimum absolute atomic E-state index is 0.120. The van der Waals surface area contributed by atoms with Crippen LogP contribution in [0.25, 0.3) is 10.2 Å². The molecule has 1 aromatic heterocycles. The predicted octanol–water partition coefficient (Wildman–Crippen LogP) is 2.41. The minimum Gasteiger partial charge on any atom is -0.496 e. The van der Waals surface area contributed by atoms with Gasteiger partial charge >= 0.3 is 5.97 Å². The molecule has 2 heterocycles. The number of fused-ring (bicyclic) bond motifs is 2. The van der Waals surface area contributed by atoms with Gasteiger partial charge in [-0.15, -0.1) is 0 Å². The van der Waals surface area contributed by atoms with Crippen LogP contribution < -0.4 is 23.7 Å². The molecule has 1 aliphatic heterocycles. The fourth-order valence-corrected chi connectivity index (χ4v) is 4.28. The smallest absolute Gasteiger partial charge is 0.325 e. The summed E-state index contributed by atoms with van der Waals surface area (Å²) in [5, 5.41) is 0. The molecule has 1 amide bonds. The third kappa shape index (κ3) is 3.93. The van der Waals surface area contributed by atoms with Crippen molar-refractivity contribution in [3.8, 4) is 23.0 Å². The molecule has 0 atom stereocenters. The van der Waals surface area contributed by atoms with Crippen LogP contribution >= 0.6 is 11.3 Å². The van der Waals surface area contributed by atoms with Crippen molar-refractivity contribution in [2.75, 3.05) is 34.5 Å². The van der Waals surface area contributed by atoms with Crippen LogP contribution in [0.2, 0.25) is 0 Å². The molecule has 0 N–H and O–H groups in total. The van der Waals surface area contributed by atoms with Crippen LogP contribution in [0.3, 0.4) is 0 Å². The lowest BCUT2D eigenvalue weighted by molar-refractivity contribution is -0.141. The fraction of sp³-hybridized carbons (Fsp3) is 0.286. The number of rotatable bonds is 5. The number of benzene rings is 2. The Bertz CT molecular complexity index is 1210. The van der Waals surface area contributed by atoms with Crippen LogP contribution in [0.4, 0.5) is 0 Å². The third-order valence-electron chi connectivity index (χ3n) is 4.70. The summed E-state index contributed by atoms with van der Waals surface area (Å²) in [5.41, 5.74) is 0.874. The maximum absolute atomic E-state index is 13.1. The van der Waals surface area contributed by atoms with E-state index in [0.29, 0.717) is 46.5 Å². The maximum Gasteiger partial charge on any atom is 0.325 e. The lowest BCUT2D eigenvalue weighted by atomic mass is 10.1. The van der Waals surface area contributed by atoms with Crippen LogP contribution in [0.1, 0.15) is 10.4 Å². The zero-order valence-corrected chi connectivity index (χ0v) is 18.0. The summed E-state index contributed by atoms with van der Waals surface area (Å²) in [6, 6.07) is 8.62. The molecule has 3 aromatic rings. The number of thiazole rings is 1. The Hall–Kier alpha value is -3.53. The van der Waals surface area contributed by atoms with Gasteiger partial charge in [-0.05, 0) is 12.1 Å². The quantitative estimate of drug-likeness (QED) is 0.558. The number of carbonyl (C=O) groups is 2. The van der Waals surface area contributed by atoms with Gasteiger partial charge in [0.15, 0.2) is 16.3 Å². The van der Waals surface area contributed by atoms with Gasteiger partial charge in [-0.3, -0.25) is 9.59 Å². The monoisotopic (exact) mass is 444 g/mol. The number of hydrogen-bond donors (Lipinski definition) is 0. The van der Waals surface area contributed by atoms with E-state index >= 15 is 0 Å². The minimum atomic E-state index is -0.559. The molecule has 0 aliphatic carbocycles. The molecule has 0 saturated heterocycles. The molecule has 0 bridgehead atoms. The van der Waals surface area contributed by atoms with E-state index in [9.17, 15) is 9.59 Å². The fourth-order valence-electron chi connectivity index (χ4n) is 3.24. The van der Waals surface area contributed by atoms with Crippen molar-refractivity contribution in [2.45, 2.75) is 6.54 Å². The molecule has 0 saturated carbocycles. The Balaban J connectivity index is 1.90. The average molecular weight is 444 g/mol. The van der Waals surface area contributed by atoms with Gasteiger partial charge in [-0.2, -0.15) is 4.99 Å². The second-order valence-corrected chi connectivity index (χ2v) is 7.47. The first-order chi connectivity index (χ1) is 15.0. The van der Waals surface area contributed by atoms with E-state index in [4.69, 9.17) is 23.7 Å². The lowest BCUT2D eigenvalue weighted by Gasteiger charge is -2.18. The first-order valence-corrected chi connectivity index (χ1v) is 10.2. The highest BCUT2D eigenvalue weighted by Crippen LogP contribution is 2.36. The molecule has 4 rings (SSSR count). The average Bonchev–Trinajstić information content (AvgIpc) is 3.12. The van der Waals surface area contributed by atoms with Crippen molar-refractivity contribution >= 4 is 33.4 Å². The topological polar surface area (TPSA) is 97.6 Å². The summed E-state index contributed by atoms with van der Waals surface area (Å²) < 4.78 is 29.2.